The first-order valence-electron chi connectivity index (χ1n) is 5.18. The first-order valence-corrected chi connectivity index (χ1v) is 5.18. The first-order chi connectivity index (χ1) is 5.45. The molecule has 0 spiro atoms. The lowest BCUT2D eigenvalue weighted by Gasteiger charge is -2.47. The second kappa shape index (κ2) is 2.22. The van der Waals surface area contributed by atoms with Gasteiger partial charge in [-0.25, -0.2) is 0 Å². The summed E-state index contributed by atoms with van der Waals surface area (Å²) in [7, 11) is 0. The van der Waals surface area contributed by atoms with Crippen LogP contribution in [0.3, 0.4) is 0 Å². The average molecular weight is 151 g/mol. The van der Waals surface area contributed by atoms with Crippen LogP contribution in [0.15, 0.2) is 0 Å². The minimum atomic E-state index is 0.955. The van der Waals surface area contributed by atoms with Gasteiger partial charge in [0.1, 0.15) is 0 Å². The number of nitrogens with one attached hydrogen (secondary N) is 1. The van der Waals surface area contributed by atoms with Crippen LogP contribution in [-0.2, 0) is 0 Å². The fourth-order valence-electron chi connectivity index (χ4n) is 2.69. The Morgan fingerprint density at radius 3 is 2.09 bits per heavy atom. The molecule has 0 radical (unpaired) electrons. The Morgan fingerprint density at radius 1 is 0.909 bits per heavy atom. The largest absolute Gasteiger partial charge is 0.313 e. The standard InChI is InChI=1S/C10H17N/c1-2-8(3-1)10-9(6-11-10)7-4-5-7/h7-11H,1-6H2. The molecule has 1 saturated heterocycles. The molecular formula is C10H17N. The SMILES string of the molecule is C1CC(C2NCC2C2CC2)C1. The maximum Gasteiger partial charge on any atom is 0.0138 e. The molecule has 0 aromatic heterocycles. The molecule has 11 heavy (non-hydrogen) atoms. The van der Waals surface area contributed by atoms with Crippen molar-refractivity contribution in [3.63, 3.8) is 0 Å². The van der Waals surface area contributed by atoms with Gasteiger partial charge in [0.15, 0.2) is 0 Å². The summed E-state index contributed by atoms with van der Waals surface area (Å²) in [6.45, 7) is 1.34. The van der Waals surface area contributed by atoms with E-state index in [-0.39, 0.29) is 0 Å². The molecule has 3 fully saturated rings. The molecule has 2 saturated carbocycles. The average Bonchev–Trinajstić information content (AvgIpc) is 2.58. The Balaban J connectivity index is 1.60. The predicted molar refractivity (Wildman–Crippen MR) is 45.3 cm³/mol. The van der Waals surface area contributed by atoms with Crippen LogP contribution in [0.2, 0.25) is 0 Å². The maximum absolute atomic E-state index is 3.62. The van der Waals surface area contributed by atoms with Gasteiger partial charge in [0, 0.05) is 6.04 Å². The Hall–Kier alpha value is -0.0400. The molecule has 3 aliphatic rings. The Bertz CT molecular complexity index is 158. The van der Waals surface area contributed by atoms with Gasteiger partial charge in [-0.15, -0.1) is 0 Å². The fraction of sp³-hybridized carbons (Fsp3) is 1.00. The molecule has 2 aliphatic carbocycles. The molecule has 1 aliphatic heterocycles. The number of hydrogen-bond acceptors (Lipinski definition) is 1. The monoisotopic (exact) mass is 151 g/mol. The fourth-order valence-corrected chi connectivity index (χ4v) is 2.69. The van der Waals surface area contributed by atoms with Crippen molar-refractivity contribution in [3.05, 3.63) is 0 Å². The van der Waals surface area contributed by atoms with Crippen molar-refractivity contribution in [2.45, 2.75) is 38.1 Å². The van der Waals surface area contributed by atoms with E-state index in [9.17, 15) is 0 Å². The highest BCUT2D eigenvalue weighted by Gasteiger charge is 2.46. The normalized spacial score (nSPS) is 44.7. The zero-order valence-electron chi connectivity index (χ0n) is 7.05. The van der Waals surface area contributed by atoms with Crippen molar-refractivity contribution in [1.82, 2.24) is 5.32 Å². The van der Waals surface area contributed by atoms with Crippen molar-refractivity contribution < 1.29 is 0 Å². The first kappa shape index (κ1) is 6.47. The lowest BCUT2D eigenvalue weighted by Crippen LogP contribution is -2.59. The third-order valence-corrected chi connectivity index (χ3v) is 3.94. The lowest BCUT2D eigenvalue weighted by molar-refractivity contribution is 0.0912. The van der Waals surface area contributed by atoms with Gasteiger partial charge in [0.2, 0.25) is 0 Å². The molecule has 1 heteroatoms. The molecule has 2 unspecified atom stereocenters. The molecule has 0 amide bonds. The minimum Gasteiger partial charge on any atom is -0.313 e. The third-order valence-electron chi connectivity index (χ3n) is 3.94. The summed E-state index contributed by atoms with van der Waals surface area (Å²) in [5, 5.41) is 3.62. The second-order valence-corrected chi connectivity index (χ2v) is 4.63. The summed E-state index contributed by atoms with van der Waals surface area (Å²) >= 11 is 0. The van der Waals surface area contributed by atoms with E-state index in [2.05, 4.69) is 5.32 Å². The Labute approximate surface area is 68.6 Å². The number of rotatable bonds is 2. The van der Waals surface area contributed by atoms with E-state index in [1.807, 2.05) is 0 Å². The van der Waals surface area contributed by atoms with E-state index in [0.29, 0.717) is 0 Å². The summed E-state index contributed by atoms with van der Waals surface area (Å²) in [4.78, 5) is 0. The van der Waals surface area contributed by atoms with Crippen LogP contribution in [0.25, 0.3) is 0 Å². The number of hydrogen-bond donors (Lipinski definition) is 1. The summed E-state index contributed by atoms with van der Waals surface area (Å²) < 4.78 is 0. The van der Waals surface area contributed by atoms with Crippen molar-refractivity contribution in [3.8, 4) is 0 Å². The van der Waals surface area contributed by atoms with E-state index in [0.717, 1.165) is 23.8 Å². The van der Waals surface area contributed by atoms with Crippen molar-refractivity contribution in [1.29, 1.82) is 0 Å². The smallest absolute Gasteiger partial charge is 0.0138 e. The van der Waals surface area contributed by atoms with Gasteiger partial charge in [-0.1, -0.05) is 6.42 Å². The Kier molecular flexibility index (Phi) is 1.31. The lowest BCUT2D eigenvalue weighted by atomic mass is 9.70. The second-order valence-electron chi connectivity index (χ2n) is 4.63. The molecule has 1 nitrogen and oxygen atoms in total. The van der Waals surface area contributed by atoms with E-state index in [1.165, 1.54) is 38.6 Å². The molecule has 62 valence electrons. The highest BCUT2D eigenvalue weighted by Crippen LogP contribution is 2.46. The quantitative estimate of drug-likeness (QED) is 0.634. The molecule has 0 aromatic rings. The molecule has 0 aromatic carbocycles. The van der Waals surface area contributed by atoms with Crippen LogP contribution >= 0.6 is 0 Å². The van der Waals surface area contributed by atoms with Gasteiger partial charge in [-0.2, -0.15) is 0 Å². The van der Waals surface area contributed by atoms with Gasteiger partial charge in [-0.05, 0) is 50.0 Å². The van der Waals surface area contributed by atoms with E-state index >= 15 is 0 Å². The van der Waals surface area contributed by atoms with Crippen LogP contribution in [0.4, 0.5) is 0 Å². The van der Waals surface area contributed by atoms with Crippen LogP contribution in [-0.4, -0.2) is 12.6 Å². The van der Waals surface area contributed by atoms with E-state index in [1.54, 1.807) is 0 Å². The van der Waals surface area contributed by atoms with Crippen molar-refractivity contribution in [2.24, 2.45) is 17.8 Å². The summed E-state index contributed by atoms with van der Waals surface area (Å²) in [5.74, 6) is 3.32. The maximum atomic E-state index is 3.62. The molecular weight excluding hydrogens is 134 g/mol. The van der Waals surface area contributed by atoms with Crippen LogP contribution in [0.1, 0.15) is 32.1 Å². The molecule has 2 atom stereocenters. The van der Waals surface area contributed by atoms with Crippen LogP contribution in [0, 0.1) is 17.8 Å². The van der Waals surface area contributed by atoms with Gasteiger partial charge in [0.05, 0.1) is 0 Å². The predicted octanol–water partition coefficient (Wildman–Crippen LogP) is 1.78. The molecule has 1 N–H and O–H groups in total. The minimum absolute atomic E-state index is 0.955. The van der Waals surface area contributed by atoms with Gasteiger partial charge in [0.25, 0.3) is 0 Å². The summed E-state index contributed by atoms with van der Waals surface area (Å²) in [6.07, 6.45) is 7.60. The highest BCUT2D eigenvalue weighted by molar-refractivity contribution is 5.01. The molecule has 3 rings (SSSR count). The molecule has 0 bridgehead atoms. The van der Waals surface area contributed by atoms with Crippen molar-refractivity contribution >= 4 is 0 Å². The zero-order chi connectivity index (χ0) is 7.26. The Morgan fingerprint density at radius 2 is 1.73 bits per heavy atom. The highest BCUT2D eigenvalue weighted by atomic mass is 15.0. The van der Waals surface area contributed by atoms with Gasteiger partial charge in [-0.3, -0.25) is 0 Å². The van der Waals surface area contributed by atoms with Crippen molar-refractivity contribution in [2.75, 3.05) is 6.54 Å². The summed E-state index contributed by atoms with van der Waals surface area (Å²) in [6, 6.07) is 0.955. The van der Waals surface area contributed by atoms with Crippen LogP contribution in [0.5, 0.6) is 0 Å². The zero-order valence-corrected chi connectivity index (χ0v) is 7.05. The molecule has 1 heterocycles. The topological polar surface area (TPSA) is 12.0 Å². The van der Waals surface area contributed by atoms with Crippen LogP contribution < -0.4 is 5.32 Å². The third kappa shape index (κ3) is 0.936. The van der Waals surface area contributed by atoms with Gasteiger partial charge >= 0.3 is 0 Å². The van der Waals surface area contributed by atoms with E-state index < -0.39 is 0 Å². The summed E-state index contributed by atoms with van der Waals surface area (Å²) in [5.41, 5.74) is 0. The van der Waals surface area contributed by atoms with Gasteiger partial charge < -0.3 is 5.32 Å². The van der Waals surface area contributed by atoms with E-state index in [4.69, 9.17) is 0 Å².